The van der Waals surface area contributed by atoms with Crippen molar-refractivity contribution in [3.63, 3.8) is 0 Å². The van der Waals surface area contributed by atoms with Crippen molar-refractivity contribution in [3.8, 4) is 17.4 Å². The predicted molar refractivity (Wildman–Crippen MR) is 69.9 cm³/mol. The highest BCUT2D eigenvalue weighted by atomic mass is 79.9. The van der Waals surface area contributed by atoms with Gasteiger partial charge in [-0.25, -0.2) is 4.98 Å². The van der Waals surface area contributed by atoms with Crippen molar-refractivity contribution >= 4 is 27.5 Å². The molecule has 2 rings (SSSR count). The SMILES string of the molecule is Cc1cc(O)cc(Oc2ncc(Br)cc2Cl)c1. The van der Waals surface area contributed by atoms with Gasteiger partial charge in [-0.05, 0) is 46.6 Å². The number of phenols is 1. The van der Waals surface area contributed by atoms with Gasteiger partial charge < -0.3 is 9.84 Å². The highest BCUT2D eigenvalue weighted by molar-refractivity contribution is 9.10. The van der Waals surface area contributed by atoms with E-state index < -0.39 is 0 Å². The molecule has 0 radical (unpaired) electrons. The fourth-order valence-corrected chi connectivity index (χ4v) is 2.04. The zero-order valence-corrected chi connectivity index (χ0v) is 11.3. The molecule has 0 bridgehead atoms. The Bertz CT molecular complexity index is 540. The molecule has 1 aromatic carbocycles. The van der Waals surface area contributed by atoms with Gasteiger partial charge in [0.05, 0.1) is 0 Å². The molecule has 1 aromatic heterocycles. The molecule has 0 saturated heterocycles. The van der Waals surface area contributed by atoms with E-state index in [4.69, 9.17) is 16.3 Å². The Morgan fingerprint density at radius 2 is 2.06 bits per heavy atom. The third kappa shape index (κ3) is 3.11. The summed E-state index contributed by atoms with van der Waals surface area (Å²) in [6.07, 6.45) is 1.59. The van der Waals surface area contributed by atoms with Crippen LogP contribution in [0, 0.1) is 6.92 Å². The summed E-state index contributed by atoms with van der Waals surface area (Å²) in [6.45, 7) is 1.86. The Morgan fingerprint density at radius 3 is 2.71 bits per heavy atom. The fourth-order valence-electron chi connectivity index (χ4n) is 1.38. The number of aryl methyl sites for hydroxylation is 1. The van der Waals surface area contributed by atoms with E-state index in [2.05, 4.69) is 20.9 Å². The molecule has 0 aliphatic carbocycles. The molecule has 0 fully saturated rings. The van der Waals surface area contributed by atoms with E-state index in [-0.39, 0.29) is 5.75 Å². The lowest BCUT2D eigenvalue weighted by molar-refractivity contribution is 0.445. The average molecular weight is 315 g/mol. The minimum Gasteiger partial charge on any atom is -0.508 e. The number of benzene rings is 1. The van der Waals surface area contributed by atoms with Gasteiger partial charge in [-0.15, -0.1) is 0 Å². The molecule has 0 aliphatic rings. The van der Waals surface area contributed by atoms with E-state index >= 15 is 0 Å². The first-order valence-electron chi connectivity index (χ1n) is 4.84. The molecule has 88 valence electrons. The molecule has 1 heterocycles. The number of pyridine rings is 1. The lowest BCUT2D eigenvalue weighted by Crippen LogP contribution is -1.89. The topological polar surface area (TPSA) is 42.4 Å². The molecule has 1 N–H and O–H groups in total. The van der Waals surface area contributed by atoms with Crippen LogP contribution in [0.15, 0.2) is 34.9 Å². The molecule has 0 spiro atoms. The lowest BCUT2D eigenvalue weighted by atomic mass is 10.2. The monoisotopic (exact) mass is 313 g/mol. The number of rotatable bonds is 2. The minimum atomic E-state index is 0.147. The van der Waals surface area contributed by atoms with Gasteiger partial charge in [0.2, 0.25) is 5.88 Å². The van der Waals surface area contributed by atoms with Crippen LogP contribution < -0.4 is 4.74 Å². The average Bonchev–Trinajstić information content (AvgIpc) is 2.21. The maximum atomic E-state index is 9.44. The first kappa shape index (κ1) is 12.2. The van der Waals surface area contributed by atoms with Crippen LogP contribution in [-0.2, 0) is 0 Å². The Labute approximate surface area is 112 Å². The maximum absolute atomic E-state index is 9.44. The zero-order valence-electron chi connectivity index (χ0n) is 8.95. The summed E-state index contributed by atoms with van der Waals surface area (Å²) in [5.41, 5.74) is 0.897. The summed E-state index contributed by atoms with van der Waals surface area (Å²) in [5, 5.41) is 9.85. The van der Waals surface area contributed by atoms with Crippen LogP contribution in [0.3, 0.4) is 0 Å². The smallest absolute Gasteiger partial charge is 0.238 e. The van der Waals surface area contributed by atoms with Crippen LogP contribution in [-0.4, -0.2) is 10.1 Å². The standard InChI is InChI=1S/C12H9BrClNO2/c1-7-2-9(16)5-10(3-7)17-12-11(14)4-8(13)6-15-12/h2-6,16H,1H3. The summed E-state index contributed by atoms with van der Waals surface area (Å²) in [4.78, 5) is 4.05. The van der Waals surface area contributed by atoms with Gasteiger partial charge in [0.1, 0.15) is 16.5 Å². The van der Waals surface area contributed by atoms with Crippen LogP contribution in [0.1, 0.15) is 5.56 Å². The summed E-state index contributed by atoms with van der Waals surface area (Å²) in [5.74, 6) is 0.951. The predicted octanol–water partition coefficient (Wildman–Crippen LogP) is 4.30. The van der Waals surface area contributed by atoms with Gasteiger partial charge >= 0.3 is 0 Å². The van der Waals surface area contributed by atoms with E-state index in [9.17, 15) is 5.11 Å². The van der Waals surface area contributed by atoms with Crippen LogP contribution >= 0.6 is 27.5 Å². The number of hydrogen-bond donors (Lipinski definition) is 1. The molecule has 17 heavy (non-hydrogen) atoms. The largest absolute Gasteiger partial charge is 0.508 e. The summed E-state index contributed by atoms with van der Waals surface area (Å²) in [7, 11) is 0. The van der Waals surface area contributed by atoms with E-state index in [0.29, 0.717) is 16.7 Å². The Morgan fingerprint density at radius 1 is 1.29 bits per heavy atom. The molecule has 5 heteroatoms. The third-order valence-electron chi connectivity index (χ3n) is 2.02. The van der Waals surface area contributed by atoms with E-state index in [1.807, 2.05) is 6.92 Å². The van der Waals surface area contributed by atoms with Gasteiger partial charge in [-0.1, -0.05) is 11.6 Å². The number of phenolic OH excluding ortho intramolecular Hbond substituents is 1. The first-order chi connectivity index (χ1) is 8.04. The van der Waals surface area contributed by atoms with Crippen molar-refractivity contribution in [2.24, 2.45) is 0 Å². The second-order valence-electron chi connectivity index (χ2n) is 3.55. The molecule has 2 aromatic rings. The Kier molecular flexibility index (Phi) is 3.54. The van der Waals surface area contributed by atoms with Crippen LogP contribution in [0.2, 0.25) is 5.02 Å². The Hall–Kier alpha value is -1.26. The van der Waals surface area contributed by atoms with Crippen molar-refractivity contribution in [3.05, 3.63) is 45.5 Å². The van der Waals surface area contributed by atoms with Gasteiger partial charge in [-0.2, -0.15) is 0 Å². The second kappa shape index (κ2) is 4.94. The minimum absolute atomic E-state index is 0.147. The number of ether oxygens (including phenoxy) is 1. The molecular formula is C12H9BrClNO2. The lowest BCUT2D eigenvalue weighted by Gasteiger charge is -2.07. The zero-order chi connectivity index (χ0) is 12.4. The first-order valence-corrected chi connectivity index (χ1v) is 6.01. The van der Waals surface area contributed by atoms with Crippen LogP contribution in [0.4, 0.5) is 0 Å². The van der Waals surface area contributed by atoms with Crippen LogP contribution in [0.25, 0.3) is 0 Å². The van der Waals surface area contributed by atoms with Gasteiger partial charge in [0, 0.05) is 16.7 Å². The van der Waals surface area contributed by atoms with Crippen molar-refractivity contribution in [1.82, 2.24) is 4.98 Å². The molecular weight excluding hydrogens is 305 g/mol. The summed E-state index contributed by atoms with van der Waals surface area (Å²) < 4.78 is 6.28. The number of aromatic nitrogens is 1. The molecule has 0 amide bonds. The van der Waals surface area contributed by atoms with Crippen molar-refractivity contribution in [1.29, 1.82) is 0 Å². The number of aromatic hydroxyl groups is 1. The van der Waals surface area contributed by atoms with Crippen molar-refractivity contribution in [2.45, 2.75) is 6.92 Å². The van der Waals surface area contributed by atoms with Gasteiger partial charge in [-0.3, -0.25) is 0 Å². The highest BCUT2D eigenvalue weighted by Gasteiger charge is 2.06. The van der Waals surface area contributed by atoms with Gasteiger partial charge in [0.25, 0.3) is 0 Å². The normalized spacial score (nSPS) is 10.3. The van der Waals surface area contributed by atoms with Crippen molar-refractivity contribution in [2.75, 3.05) is 0 Å². The molecule has 0 unspecified atom stereocenters. The van der Waals surface area contributed by atoms with Crippen LogP contribution in [0.5, 0.6) is 17.4 Å². The molecule has 3 nitrogen and oxygen atoms in total. The quantitative estimate of drug-likeness (QED) is 0.898. The van der Waals surface area contributed by atoms with Crippen molar-refractivity contribution < 1.29 is 9.84 Å². The third-order valence-corrected chi connectivity index (χ3v) is 2.73. The molecule has 0 aliphatic heterocycles. The highest BCUT2D eigenvalue weighted by Crippen LogP contribution is 2.31. The number of halogens is 2. The van der Waals surface area contributed by atoms with E-state index in [1.54, 1.807) is 24.4 Å². The fraction of sp³-hybridized carbons (Fsp3) is 0.0833. The summed E-state index contributed by atoms with van der Waals surface area (Å²) in [6, 6.07) is 6.63. The number of nitrogens with zero attached hydrogens (tertiary/aromatic N) is 1. The number of hydrogen-bond acceptors (Lipinski definition) is 3. The second-order valence-corrected chi connectivity index (χ2v) is 4.87. The van der Waals surface area contributed by atoms with Gasteiger partial charge in [0.15, 0.2) is 0 Å². The maximum Gasteiger partial charge on any atom is 0.238 e. The summed E-state index contributed by atoms with van der Waals surface area (Å²) >= 11 is 9.24. The molecule has 0 atom stereocenters. The Balaban J connectivity index is 2.31. The van der Waals surface area contributed by atoms with E-state index in [1.165, 1.54) is 6.07 Å². The molecule has 0 saturated carbocycles. The van der Waals surface area contributed by atoms with E-state index in [0.717, 1.165) is 10.0 Å².